The van der Waals surface area contributed by atoms with Gasteiger partial charge in [0.1, 0.15) is 5.82 Å². The van der Waals surface area contributed by atoms with Gasteiger partial charge in [-0.05, 0) is 31.4 Å². The molecule has 0 radical (unpaired) electrons. The third-order valence-corrected chi connectivity index (χ3v) is 4.00. The zero-order valence-electron chi connectivity index (χ0n) is 12.3. The number of pyridine rings is 1. The summed E-state index contributed by atoms with van der Waals surface area (Å²) in [5.41, 5.74) is 0.944. The van der Waals surface area contributed by atoms with Gasteiger partial charge in [-0.25, -0.2) is 4.98 Å². The van der Waals surface area contributed by atoms with Gasteiger partial charge in [0.05, 0.1) is 10.7 Å². The molecule has 1 aliphatic rings. The second kappa shape index (κ2) is 6.10. The standard InChI is InChI=1S/C15H24ClN3/c1-10(2)17-8-14-13(16)5-6-15(18-14)19-9-11(3)7-12(19)4/h5-6,10-12,17H,7-9H2,1-4H3. The maximum atomic E-state index is 6.23. The van der Waals surface area contributed by atoms with Crippen molar-refractivity contribution in [2.75, 3.05) is 11.4 Å². The van der Waals surface area contributed by atoms with E-state index >= 15 is 0 Å². The molecule has 1 aliphatic heterocycles. The molecule has 2 rings (SSSR count). The minimum atomic E-state index is 0.437. The summed E-state index contributed by atoms with van der Waals surface area (Å²) < 4.78 is 0. The molecule has 0 spiro atoms. The second-order valence-electron chi connectivity index (χ2n) is 5.98. The number of halogens is 1. The summed E-state index contributed by atoms with van der Waals surface area (Å²) in [5.74, 6) is 1.80. The van der Waals surface area contributed by atoms with Crippen LogP contribution in [0.2, 0.25) is 5.02 Å². The van der Waals surface area contributed by atoms with Crippen molar-refractivity contribution >= 4 is 17.4 Å². The third kappa shape index (κ3) is 3.61. The number of nitrogens with zero attached hydrogens (tertiary/aromatic N) is 2. The largest absolute Gasteiger partial charge is 0.354 e. The van der Waals surface area contributed by atoms with Gasteiger partial charge in [0.25, 0.3) is 0 Å². The van der Waals surface area contributed by atoms with Crippen molar-refractivity contribution in [2.24, 2.45) is 5.92 Å². The molecule has 2 atom stereocenters. The summed E-state index contributed by atoms with van der Waals surface area (Å²) in [7, 11) is 0. The molecule has 1 aromatic rings. The minimum absolute atomic E-state index is 0.437. The summed E-state index contributed by atoms with van der Waals surface area (Å²) in [6.45, 7) is 10.6. The molecule has 1 aromatic heterocycles. The first-order valence-corrected chi connectivity index (χ1v) is 7.50. The molecule has 0 amide bonds. The Kier molecular flexibility index (Phi) is 4.69. The Morgan fingerprint density at radius 3 is 2.74 bits per heavy atom. The van der Waals surface area contributed by atoms with Gasteiger partial charge in [0.2, 0.25) is 0 Å². The summed E-state index contributed by atoms with van der Waals surface area (Å²) in [6, 6.07) is 5.01. The molecular formula is C15H24ClN3. The van der Waals surface area contributed by atoms with Crippen LogP contribution in [0.4, 0.5) is 5.82 Å². The predicted molar refractivity (Wildman–Crippen MR) is 81.8 cm³/mol. The molecule has 1 N–H and O–H groups in total. The van der Waals surface area contributed by atoms with E-state index in [1.54, 1.807) is 0 Å². The summed E-state index contributed by atoms with van der Waals surface area (Å²) >= 11 is 6.23. The van der Waals surface area contributed by atoms with E-state index in [2.05, 4.69) is 37.9 Å². The Labute approximate surface area is 121 Å². The first-order valence-electron chi connectivity index (χ1n) is 7.12. The smallest absolute Gasteiger partial charge is 0.129 e. The van der Waals surface area contributed by atoms with Crippen LogP contribution in [0.1, 0.15) is 39.8 Å². The zero-order valence-corrected chi connectivity index (χ0v) is 13.0. The average Bonchev–Trinajstić information content (AvgIpc) is 2.67. The molecule has 0 aromatic carbocycles. The van der Waals surface area contributed by atoms with Crippen LogP contribution in [0.15, 0.2) is 12.1 Å². The van der Waals surface area contributed by atoms with E-state index in [1.165, 1.54) is 6.42 Å². The maximum absolute atomic E-state index is 6.23. The fourth-order valence-corrected chi connectivity index (χ4v) is 2.85. The number of hydrogen-bond donors (Lipinski definition) is 1. The Hall–Kier alpha value is -0.800. The molecule has 19 heavy (non-hydrogen) atoms. The Balaban J connectivity index is 2.16. The van der Waals surface area contributed by atoms with Crippen LogP contribution in [-0.4, -0.2) is 23.6 Å². The minimum Gasteiger partial charge on any atom is -0.354 e. The molecule has 0 saturated carbocycles. The highest BCUT2D eigenvalue weighted by Gasteiger charge is 2.27. The summed E-state index contributed by atoms with van der Waals surface area (Å²) in [5, 5.41) is 4.12. The normalized spacial score (nSPS) is 23.4. The number of nitrogens with one attached hydrogen (secondary N) is 1. The highest BCUT2D eigenvalue weighted by Crippen LogP contribution is 2.28. The van der Waals surface area contributed by atoms with Crippen molar-refractivity contribution in [3.05, 3.63) is 22.8 Å². The van der Waals surface area contributed by atoms with Gasteiger partial charge in [-0.2, -0.15) is 0 Å². The SMILES string of the molecule is CC1CC(C)N(c2ccc(Cl)c(CNC(C)C)n2)C1. The van der Waals surface area contributed by atoms with Gasteiger partial charge in [0.15, 0.2) is 0 Å². The zero-order chi connectivity index (χ0) is 14.0. The van der Waals surface area contributed by atoms with Gasteiger partial charge in [-0.15, -0.1) is 0 Å². The average molecular weight is 282 g/mol. The highest BCUT2D eigenvalue weighted by molar-refractivity contribution is 6.31. The summed E-state index contributed by atoms with van der Waals surface area (Å²) in [6.07, 6.45) is 1.24. The summed E-state index contributed by atoms with van der Waals surface area (Å²) in [4.78, 5) is 7.13. The van der Waals surface area contributed by atoms with E-state index in [0.717, 1.165) is 35.5 Å². The van der Waals surface area contributed by atoms with Crippen LogP contribution in [-0.2, 0) is 6.54 Å². The number of aromatic nitrogens is 1. The monoisotopic (exact) mass is 281 g/mol. The Morgan fingerprint density at radius 1 is 1.42 bits per heavy atom. The number of hydrogen-bond acceptors (Lipinski definition) is 3. The molecule has 1 fully saturated rings. The molecular weight excluding hydrogens is 258 g/mol. The van der Waals surface area contributed by atoms with E-state index in [1.807, 2.05) is 12.1 Å². The second-order valence-corrected chi connectivity index (χ2v) is 6.38. The molecule has 106 valence electrons. The predicted octanol–water partition coefficient (Wildman–Crippen LogP) is 3.47. The maximum Gasteiger partial charge on any atom is 0.129 e. The van der Waals surface area contributed by atoms with Crippen LogP contribution >= 0.6 is 11.6 Å². The fourth-order valence-electron chi connectivity index (χ4n) is 2.68. The third-order valence-electron chi connectivity index (χ3n) is 3.66. The van der Waals surface area contributed by atoms with Gasteiger partial charge < -0.3 is 10.2 Å². The number of anilines is 1. The fraction of sp³-hybridized carbons (Fsp3) is 0.667. The molecule has 0 aliphatic carbocycles. The van der Waals surface area contributed by atoms with Crippen LogP contribution in [0, 0.1) is 5.92 Å². The highest BCUT2D eigenvalue weighted by atomic mass is 35.5. The topological polar surface area (TPSA) is 28.2 Å². The van der Waals surface area contributed by atoms with Crippen molar-refractivity contribution in [2.45, 2.75) is 52.7 Å². The van der Waals surface area contributed by atoms with Gasteiger partial charge >= 0.3 is 0 Å². The quantitative estimate of drug-likeness (QED) is 0.916. The molecule has 2 unspecified atom stereocenters. The Bertz CT molecular complexity index is 433. The van der Waals surface area contributed by atoms with Crippen molar-refractivity contribution in [1.82, 2.24) is 10.3 Å². The Morgan fingerprint density at radius 2 is 2.16 bits per heavy atom. The van der Waals surface area contributed by atoms with E-state index in [9.17, 15) is 0 Å². The molecule has 0 bridgehead atoms. The van der Waals surface area contributed by atoms with E-state index in [0.29, 0.717) is 12.1 Å². The van der Waals surface area contributed by atoms with E-state index in [4.69, 9.17) is 16.6 Å². The van der Waals surface area contributed by atoms with Crippen LogP contribution in [0.25, 0.3) is 0 Å². The van der Waals surface area contributed by atoms with Gasteiger partial charge in [0, 0.05) is 25.2 Å². The lowest BCUT2D eigenvalue weighted by atomic mass is 10.1. The first kappa shape index (κ1) is 14.6. The molecule has 2 heterocycles. The van der Waals surface area contributed by atoms with Gasteiger partial charge in [-0.3, -0.25) is 0 Å². The molecule has 4 heteroatoms. The van der Waals surface area contributed by atoms with Crippen molar-refractivity contribution < 1.29 is 0 Å². The van der Waals surface area contributed by atoms with Crippen molar-refractivity contribution in [1.29, 1.82) is 0 Å². The van der Waals surface area contributed by atoms with E-state index in [-0.39, 0.29) is 0 Å². The van der Waals surface area contributed by atoms with Gasteiger partial charge in [-0.1, -0.05) is 32.4 Å². The van der Waals surface area contributed by atoms with Crippen LogP contribution in [0.3, 0.4) is 0 Å². The van der Waals surface area contributed by atoms with Crippen molar-refractivity contribution in [3.8, 4) is 0 Å². The lowest BCUT2D eigenvalue weighted by Gasteiger charge is -2.23. The number of rotatable bonds is 4. The van der Waals surface area contributed by atoms with E-state index < -0.39 is 0 Å². The van der Waals surface area contributed by atoms with Crippen LogP contribution in [0.5, 0.6) is 0 Å². The first-order chi connectivity index (χ1) is 8.97. The van der Waals surface area contributed by atoms with Crippen molar-refractivity contribution in [3.63, 3.8) is 0 Å². The molecule has 3 nitrogen and oxygen atoms in total. The van der Waals surface area contributed by atoms with Crippen LogP contribution < -0.4 is 10.2 Å². The molecule has 1 saturated heterocycles. The lowest BCUT2D eigenvalue weighted by molar-refractivity contribution is 0.581. The lowest BCUT2D eigenvalue weighted by Crippen LogP contribution is -2.28.